The molecule has 11 unspecified atom stereocenters. The third-order valence-corrected chi connectivity index (χ3v) is 9.24. The Morgan fingerprint density at radius 3 is 2.56 bits per heavy atom. The van der Waals surface area contributed by atoms with Gasteiger partial charge >= 0.3 is 0 Å². The van der Waals surface area contributed by atoms with Crippen molar-refractivity contribution in [2.75, 3.05) is 6.61 Å². The van der Waals surface area contributed by atoms with Crippen molar-refractivity contribution in [2.45, 2.75) is 87.4 Å². The standard InChI is InChI=1S/C26H34O8/c1-3-26(32)9-7-18-16-11-19(28)17-10-13(4-5-14(17)15(16)6-8-25(18,26)2)33-24-23(31)22(30)21(29)20(12-27)34-24/h1,4-5,10,15-16,18-24,27-32H,6-9,11-12H2,2H3. The maximum Gasteiger partial charge on any atom is 0.229 e. The average molecular weight is 475 g/mol. The molecule has 1 aromatic carbocycles. The zero-order chi connectivity index (χ0) is 24.4. The summed E-state index contributed by atoms with van der Waals surface area (Å²) in [5.41, 5.74) is 0.365. The van der Waals surface area contributed by atoms with Gasteiger partial charge in [-0.15, -0.1) is 6.42 Å². The first-order valence-corrected chi connectivity index (χ1v) is 12.1. The largest absolute Gasteiger partial charge is 0.462 e. The van der Waals surface area contributed by atoms with E-state index in [-0.39, 0.29) is 23.2 Å². The van der Waals surface area contributed by atoms with Crippen LogP contribution < -0.4 is 4.74 Å². The second kappa shape index (κ2) is 8.45. The predicted molar refractivity (Wildman–Crippen MR) is 120 cm³/mol. The minimum Gasteiger partial charge on any atom is -0.462 e. The van der Waals surface area contributed by atoms with E-state index < -0.39 is 49.0 Å². The predicted octanol–water partition coefficient (Wildman–Crippen LogP) is 0.577. The first kappa shape index (κ1) is 24.0. The highest BCUT2D eigenvalue weighted by Crippen LogP contribution is 2.65. The topological polar surface area (TPSA) is 140 Å². The van der Waals surface area contributed by atoms with Crippen molar-refractivity contribution in [3.63, 3.8) is 0 Å². The van der Waals surface area contributed by atoms with Gasteiger partial charge in [-0.3, -0.25) is 0 Å². The zero-order valence-corrected chi connectivity index (χ0v) is 19.2. The number of ether oxygens (including phenoxy) is 2. The van der Waals surface area contributed by atoms with Crippen molar-refractivity contribution in [2.24, 2.45) is 17.3 Å². The van der Waals surface area contributed by atoms with Crippen molar-refractivity contribution >= 4 is 0 Å². The molecular weight excluding hydrogens is 440 g/mol. The zero-order valence-electron chi connectivity index (χ0n) is 19.2. The van der Waals surface area contributed by atoms with Gasteiger partial charge in [-0.1, -0.05) is 18.9 Å². The van der Waals surface area contributed by atoms with E-state index in [9.17, 15) is 30.6 Å². The second-order valence-corrected chi connectivity index (χ2v) is 10.7. The molecule has 2 saturated carbocycles. The van der Waals surface area contributed by atoms with Crippen LogP contribution in [0.5, 0.6) is 5.75 Å². The lowest BCUT2D eigenvalue weighted by atomic mass is 9.53. The Bertz CT molecular complexity index is 974. The van der Waals surface area contributed by atoms with Crippen molar-refractivity contribution in [1.82, 2.24) is 0 Å². The summed E-state index contributed by atoms with van der Waals surface area (Å²) in [6, 6.07) is 5.41. The molecule has 6 N–H and O–H groups in total. The number of hydrogen-bond donors (Lipinski definition) is 6. The first-order valence-electron chi connectivity index (χ1n) is 12.1. The van der Waals surface area contributed by atoms with Crippen LogP contribution in [0.1, 0.15) is 62.2 Å². The van der Waals surface area contributed by atoms with Gasteiger partial charge in [0.15, 0.2) is 0 Å². The molecule has 0 bridgehead atoms. The third-order valence-electron chi connectivity index (χ3n) is 9.24. The number of benzene rings is 1. The molecule has 34 heavy (non-hydrogen) atoms. The molecule has 1 aliphatic heterocycles. The van der Waals surface area contributed by atoms with Crippen LogP contribution in [0.25, 0.3) is 0 Å². The molecule has 4 aliphatic rings. The van der Waals surface area contributed by atoms with E-state index in [1.807, 2.05) is 6.07 Å². The van der Waals surface area contributed by atoms with Crippen LogP contribution in [-0.4, -0.2) is 73.6 Å². The molecule has 0 spiro atoms. The first-order chi connectivity index (χ1) is 16.1. The summed E-state index contributed by atoms with van der Waals surface area (Å²) in [5, 5.41) is 61.8. The number of hydrogen-bond acceptors (Lipinski definition) is 8. The van der Waals surface area contributed by atoms with E-state index in [0.717, 1.165) is 30.4 Å². The molecule has 0 amide bonds. The second-order valence-electron chi connectivity index (χ2n) is 10.7. The molecule has 0 aromatic heterocycles. The van der Waals surface area contributed by atoms with Crippen LogP contribution in [0, 0.1) is 29.6 Å². The Morgan fingerprint density at radius 1 is 1.09 bits per heavy atom. The van der Waals surface area contributed by atoms with Crippen molar-refractivity contribution in [3.8, 4) is 18.1 Å². The minimum absolute atomic E-state index is 0.223. The van der Waals surface area contributed by atoms with Crippen molar-refractivity contribution in [3.05, 3.63) is 29.3 Å². The van der Waals surface area contributed by atoms with E-state index in [1.54, 1.807) is 12.1 Å². The van der Waals surface area contributed by atoms with E-state index in [0.29, 0.717) is 18.6 Å². The smallest absolute Gasteiger partial charge is 0.229 e. The summed E-state index contributed by atoms with van der Waals surface area (Å²) < 4.78 is 11.2. The Morgan fingerprint density at radius 2 is 1.85 bits per heavy atom. The molecule has 0 radical (unpaired) electrons. The van der Waals surface area contributed by atoms with Crippen molar-refractivity contribution < 1.29 is 40.1 Å². The number of aliphatic hydroxyl groups is 6. The van der Waals surface area contributed by atoms with Crippen LogP contribution in [0.4, 0.5) is 0 Å². The molecule has 3 fully saturated rings. The summed E-state index contributed by atoms with van der Waals surface area (Å²) in [5.74, 6) is 3.72. The van der Waals surface area contributed by atoms with Gasteiger partial charge in [-0.25, -0.2) is 0 Å². The van der Waals surface area contributed by atoms with Crippen LogP contribution in [0.15, 0.2) is 18.2 Å². The van der Waals surface area contributed by atoms with E-state index in [4.69, 9.17) is 15.9 Å². The van der Waals surface area contributed by atoms with Gasteiger partial charge in [-0.05, 0) is 73.1 Å². The van der Waals surface area contributed by atoms with Gasteiger partial charge in [0.2, 0.25) is 6.29 Å². The Balaban J connectivity index is 1.38. The number of terminal acetylenes is 1. The van der Waals surface area contributed by atoms with E-state index in [1.165, 1.54) is 0 Å². The van der Waals surface area contributed by atoms with Crippen LogP contribution >= 0.6 is 0 Å². The highest BCUT2D eigenvalue weighted by atomic mass is 16.7. The lowest BCUT2D eigenvalue weighted by Gasteiger charge is -2.52. The van der Waals surface area contributed by atoms with Gasteiger partial charge < -0.3 is 40.1 Å². The fourth-order valence-corrected chi connectivity index (χ4v) is 7.19. The van der Waals surface area contributed by atoms with E-state index >= 15 is 0 Å². The number of fused-ring (bicyclic) bond motifs is 5. The monoisotopic (exact) mass is 474 g/mol. The third kappa shape index (κ3) is 3.41. The lowest BCUT2D eigenvalue weighted by Crippen LogP contribution is -2.60. The summed E-state index contributed by atoms with van der Waals surface area (Å²) in [7, 11) is 0. The molecule has 1 aromatic rings. The lowest BCUT2D eigenvalue weighted by molar-refractivity contribution is -0.277. The fraction of sp³-hybridized carbons (Fsp3) is 0.692. The maximum absolute atomic E-state index is 11.1. The summed E-state index contributed by atoms with van der Waals surface area (Å²) >= 11 is 0. The molecule has 186 valence electrons. The molecular formula is C26H34O8. The van der Waals surface area contributed by atoms with Crippen LogP contribution in [-0.2, 0) is 4.74 Å². The SMILES string of the molecule is C#CC1(O)CCC2C3CC(O)c4cc(OC5OC(CO)C(O)C(O)C5O)ccc4C3CCC21C. The van der Waals surface area contributed by atoms with Gasteiger partial charge in [0.25, 0.3) is 0 Å². The quantitative estimate of drug-likeness (QED) is 0.350. The van der Waals surface area contributed by atoms with E-state index in [2.05, 4.69) is 12.8 Å². The molecule has 1 saturated heterocycles. The molecule has 8 heteroatoms. The highest BCUT2D eigenvalue weighted by Gasteiger charge is 2.61. The fourth-order valence-electron chi connectivity index (χ4n) is 7.19. The van der Waals surface area contributed by atoms with Crippen molar-refractivity contribution in [1.29, 1.82) is 0 Å². The molecule has 5 rings (SSSR count). The number of rotatable bonds is 3. The molecule has 11 atom stereocenters. The normalized spacial score (nSPS) is 47.8. The van der Waals surface area contributed by atoms with Crippen LogP contribution in [0.3, 0.4) is 0 Å². The summed E-state index contributed by atoms with van der Waals surface area (Å²) in [4.78, 5) is 0. The van der Waals surface area contributed by atoms with Gasteiger partial charge in [0.05, 0.1) is 12.7 Å². The highest BCUT2D eigenvalue weighted by molar-refractivity contribution is 5.42. The Labute approximate surface area is 199 Å². The Kier molecular flexibility index (Phi) is 5.97. The van der Waals surface area contributed by atoms with Gasteiger partial charge in [0, 0.05) is 5.41 Å². The molecule has 8 nitrogen and oxygen atoms in total. The maximum atomic E-state index is 11.1. The average Bonchev–Trinajstić information content (AvgIpc) is 3.11. The molecule has 1 heterocycles. The summed E-state index contributed by atoms with van der Waals surface area (Å²) in [6.07, 6.45) is 1.89. The summed E-state index contributed by atoms with van der Waals surface area (Å²) in [6.45, 7) is 1.56. The Hall–Kier alpha value is -1.70. The van der Waals surface area contributed by atoms with Gasteiger partial charge in [0.1, 0.15) is 35.8 Å². The number of aliphatic hydroxyl groups excluding tert-OH is 5. The molecule has 3 aliphatic carbocycles. The van der Waals surface area contributed by atoms with Crippen LogP contribution in [0.2, 0.25) is 0 Å². The minimum atomic E-state index is -1.52. The van der Waals surface area contributed by atoms with Gasteiger partial charge in [-0.2, -0.15) is 0 Å².